The van der Waals surface area contributed by atoms with Gasteiger partial charge in [0.05, 0.1) is 5.69 Å². The topological polar surface area (TPSA) is 83.3 Å². The molecule has 1 heterocycles. The summed E-state index contributed by atoms with van der Waals surface area (Å²) in [6.45, 7) is 0. The molecule has 2 aromatic rings. The molecule has 1 aromatic heterocycles. The Morgan fingerprint density at radius 2 is 2.14 bits per heavy atom. The molecule has 0 aliphatic carbocycles. The van der Waals surface area contributed by atoms with E-state index >= 15 is 0 Å². The van der Waals surface area contributed by atoms with Crippen LogP contribution in [-0.4, -0.2) is 17.2 Å². The minimum atomic E-state index is 0.826. The van der Waals surface area contributed by atoms with Crippen LogP contribution < -0.4 is 11.4 Å². The number of aromatic nitrogens is 1. The first-order valence-electron chi connectivity index (χ1n) is 4.04. The van der Waals surface area contributed by atoms with E-state index in [-0.39, 0.29) is 0 Å². The zero-order valence-electron chi connectivity index (χ0n) is 7.82. The highest BCUT2D eigenvalue weighted by Gasteiger charge is 1.95. The average molecular weight is 195 g/mol. The van der Waals surface area contributed by atoms with Crippen LogP contribution >= 0.6 is 0 Å². The Labute approximate surface area is 81.4 Å². The Hall–Kier alpha value is -1.56. The van der Waals surface area contributed by atoms with Crippen molar-refractivity contribution in [2.45, 2.75) is 0 Å². The Morgan fingerprint density at radius 1 is 1.36 bits per heavy atom. The second-order valence-electron chi connectivity index (χ2n) is 2.50. The van der Waals surface area contributed by atoms with Crippen molar-refractivity contribution in [1.82, 2.24) is 4.98 Å². The zero-order chi connectivity index (χ0) is 10.4. The highest BCUT2D eigenvalue weighted by Crippen LogP contribution is 2.16. The fraction of sp³-hybridized carbons (Fsp3) is 0.111. The molecule has 14 heavy (non-hydrogen) atoms. The minimum absolute atomic E-state index is 0.826. The highest BCUT2D eigenvalue weighted by molar-refractivity contribution is 5.82. The molecule has 2 rings (SSSR count). The first-order chi connectivity index (χ1) is 6.90. The summed E-state index contributed by atoms with van der Waals surface area (Å²) >= 11 is 0. The quantitative estimate of drug-likeness (QED) is 0.538. The normalized spacial score (nSPS) is 9.36. The molecule has 0 amide bonds. The van der Waals surface area contributed by atoms with Crippen LogP contribution in [0.1, 0.15) is 0 Å². The standard InChI is InChI=1S/C8H9N3O.CH4O/c9-12-11-7-2-1-6-3-4-10-8(6)5-7;1-2/h1-5,10-11H,9H2;2H,1H3. The van der Waals surface area contributed by atoms with Crippen molar-refractivity contribution in [3.05, 3.63) is 30.5 Å². The number of H-pyrrole nitrogens is 1. The Kier molecular flexibility index (Phi) is 3.93. The maximum Gasteiger partial charge on any atom is 0.0644 e. The molecule has 0 spiro atoms. The van der Waals surface area contributed by atoms with Crippen LogP contribution in [0.15, 0.2) is 30.5 Å². The first kappa shape index (κ1) is 10.5. The molecule has 0 saturated heterocycles. The lowest BCUT2D eigenvalue weighted by atomic mass is 10.2. The average Bonchev–Trinajstić information content (AvgIpc) is 2.68. The molecule has 1 aromatic carbocycles. The number of aromatic amines is 1. The van der Waals surface area contributed by atoms with Gasteiger partial charge in [0, 0.05) is 18.8 Å². The smallest absolute Gasteiger partial charge is 0.0644 e. The Balaban J connectivity index is 0.000000461. The second kappa shape index (κ2) is 5.23. The fourth-order valence-electron chi connectivity index (χ4n) is 1.18. The van der Waals surface area contributed by atoms with Crippen LogP contribution in [0.5, 0.6) is 0 Å². The van der Waals surface area contributed by atoms with Crippen LogP contribution in [0.25, 0.3) is 10.9 Å². The van der Waals surface area contributed by atoms with Crippen LogP contribution in [-0.2, 0) is 4.94 Å². The number of nitrogens with one attached hydrogen (secondary N) is 2. The van der Waals surface area contributed by atoms with Crippen molar-refractivity contribution >= 4 is 16.6 Å². The van der Waals surface area contributed by atoms with Crippen LogP contribution in [0.3, 0.4) is 0 Å². The SMILES string of the molecule is CO.NONc1ccc2cc[nH]c2c1. The predicted molar refractivity (Wildman–Crippen MR) is 55.3 cm³/mol. The van der Waals surface area contributed by atoms with E-state index in [1.807, 2.05) is 30.5 Å². The molecule has 0 bridgehead atoms. The van der Waals surface area contributed by atoms with Crippen molar-refractivity contribution in [1.29, 1.82) is 0 Å². The van der Waals surface area contributed by atoms with Gasteiger partial charge in [-0.05, 0) is 23.6 Å². The lowest BCUT2D eigenvalue weighted by Gasteiger charge is -2.00. The van der Waals surface area contributed by atoms with Crippen molar-refractivity contribution in [3.63, 3.8) is 0 Å². The molecule has 0 saturated carbocycles. The van der Waals surface area contributed by atoms with E-state index in [1.165, 1.54) is 0 Å². The van der Waals surface area contributed by atoms with Gasteiger partial charge < -0.3 is 10.1 Å². The van der Waals surface area contributed by atoms with Gasteiger partial charge in [-0.2, -0.15) is 10.8 Å². The molecule has 76 valence electrons. The van der Waals surface area contributed by atoms with Gasteiger partial charge in [0.25, 0.3) is 0 Å². The van der Waals surface area contributed by atoms with E-state index in [9.17, 15) is 0 Å². The van der Waals surface area contributed by atoms with Crippen molar-refractivity contribution < 1.29 is 10.0 Å². The molecule has 5 N–H and O–H groups in total. The monoisotopic (exact) mass is 195 g/mol. The summed E-state index contributed by atoms with van der Waals surface area (Å²) in [5.74, 6) is 4.86. The van der Waals surface area contributed by atoms with E-state index in [2.05, 4.69) is 15.4 Å². The number of aliphatic hydroxyl groups is 1. The minimum Gasteiger partial charge on any atom is -0.400 e. The predicted octanol–water partition coefficient (Wildman–Crippen LogP) is 0.994. The highest BCUT2D eigenvalue weighted by atomic mass is 16.8. The van der Waals surface area contributed by atoms with Crippen molar-refractivity contribution in [2.24, 2.45) is 5.90 Å². The number of nitrogens with two attached hydrogens (primary N) is 1. The second-order valence-corrected chi connectivity index (χ2v) is 2.50. The van der Waals surface area contributed by atoms with Gasteiger partial charge in [0.1, 0.15) is 0 Å². The number of hydrogen-bond donors (Lipinski definition) is 4. The van der Waals surface area contributed by atoms with Crippen LogP contribution in [0, 0.1) is 0 Å². The lowest BCUT2D eigenvalue weighted by molar-refractivity contribution is 0.201. The summed E-state index contributed by atoms with van der Waals surface area (Å²) in [6, 6.07) is 7.79. The summed E-state index contributed by atoms with van der Waals surface area (Å²) in [4.78, 5) is 7.37. The van der Waals surface area contributed by atoms with Crippen LogP contribution in [0.4, 0.5) is 5.69 Å². The molecule has 5 nitrogen and oxygen atoms in total. The molecular formula is C9H13N3O2. The van der Waals surface area contributed by atoms with Gasteiger partial charge in [-0.25, -0.2) is 5.48 Å². The summed E-state index contributed by atoms with van der Waals surface area (Å²) in [6.07, 6.45) is 1.89. The first-order valence-corrected chi connectivity index (χ1v) is 4.04. The zero-order valence-corrected chi connectivity index (χ0v) is 7.82. The molecule has 0 unspecified atom stereocenters. The molecule has 0 aliphatic rings. The van der Waals surface area contributed by atoms with E-state index in [0.717, 1.165) is 23.7 Å². The summed E-state index contributed by atoms with van der Waals surface area (Å²) in [7, 11) is 1.00. The molecule has 0 atom stereocenters. The number of benzene rings is 1. The van der Waals surface area contributed by atoms with Gasteiger partial charge in [-0.3, -0.25) is 0 Å². The third kappa shape index (κ3) is 2.23. The van der Waals surface area contributed by atoms with E-state index in [1.54, 1.807) is 0 Å². The van der Waals surface area contributed by atoms with Gasteiger partial charge in [0.2, 0.25) is 0 Å². The van der Waals surface area contributed by atoms with Gasteiger partial charge >= 0.3 is 0 Å². The van der Waals surface area contributed by atoms with Gasteiger partial charge in [0.15, 0.2) is 0 Å². The Morgan fingerprint density at radius 3 is 2.86 bits per heavy atom. The van der Waals surface area contributed by atoms with Crippen molar-refractivity contribution in [2.75, 3.05) is 12.6 Å². The largest absolute Gasteiger partial charge is 0.400 e. The Bertz CT molecular complexity index is 386. The number of rotatable bonds is 2. The van der Waals surface area contributed by atoms with Gasteiger partial charge in [-0.1, -0.05) is 6.07 Å². The maximum atomic E-state index is 7.00. The molecule has 0 aliphatic heterocycles. The van der Waals surface area contributed by atoms with Crippen molar-refractivity contribution in [3.8, 4) is 0 Å². The van der Waals surface area contributed by atoms with Gasteiger partial charge in [-0.15, -0.1) is 0 Å². The number of fused-ring (bicyclic) bond motifs is 1. The third-order valence-electron chi connectivity index (χ3n) is 1.73. The molecule has 5 heteroatoms. The number of anilines is 1. The third-order valence-corrected chi connectivity index (χ3v) is 1.73. The summed E-state index contributed by atoms with van der Waals surface area (Å²) < 4.78 is 0. The molecule has 0 fully saturated rings. The van der Waals surface area contributed by atoms with E-state index in [4.69, 9.17) is 11.0 Å². The fourth-order valence-corrected chi connectivity index (χ4v) is 1.18. The maximum absolute atomic E-state index is 7.00. The summed E-state index contributed by atoms with van der Waals surface area (Å²) in [5.41, 5.74) is 4.43. The summed E-state index contributed by atoms with van der Waals surface area (Å²) in [5, 5.41) is 8.16. The number of aliphatic hydroxyl groups excluding tert-OH is 1. The molecular weight excluding hydrogens is 182 g/mol. The number of hydrogen-bond acceptors (Lipinski definition) is 4. The molecule has 0 radical (unpaired) electrons. The van der Waals surface area contributed by atoms with E-state index < -0.39 is 0 Å². The lowest BCUT2D eigenvalue weighted by Crippen LogP contribution is -2.06. The van der Waals surface area contributed by atoms with Crippen LogP contribution in [0.2, 0.25) is 0 Å². The van der Waals surface area contributed by atoms with E-state index in [0.29, 0.717) is 0 Å².